The molecule has 0 aliphatic carbocycles. The smallest absolute Gasteiger partial charge is 0.234 e. The number of anilines is 1. The summed E-state index contributed by atoms with van der Waals surface area (Å²) in [5.41, 5.74) is 0.158. The summed E-state index contributed by atoms with van der Waals surface area (Å²) < 4.78 is 24.7. The van der Waals surface area contributed by atoms with E-state index in [0.717, 1.165) is 4.90 Å². The van der Waals surface area contributed by atoms with Gasteiger partial charge in [-0.05, 0) is 36.4 Å². The topological polar surface area (TPSA) is 47.6 Å². The minimum atomic E-state index is -0.483. The van der Waals surface area contributed by atoms with E-state index in [1.165, 1.54) is 23.9 Å². The van der Waals surface area contributed by atoms with Crippen LogP contribution in [0.15, 0.2) is 45.8 Å². The summed E-state index contributed by atoms with van der Waals surface area (Å²) in [7, 11) is 3.11. The standard InChI is InChI=1S/C16H15BrFNO3S/c1-21-14-6-4-11(8-15(14)22-2)23-9-16(20)19-13-5-3-10(17)7-12(13)18/h3-8H,9H2,1-2H3,(H,19,20). The average Bonchev–Trinajstić information content (AvgIpc) is 2.55. The molecule has 1 amide bonds. The third-order valence-corrected chi connectivity index (χ3v) is 4.42. The van der Waals surface area contributed by atoms with Gasteiger partial charge in [0.1, 0.15) is 5.82 Å². The van der Waals surface area contributed by atoms with Crippen molar-refractivity contribution in [2.24, 2.45) is 0 Å². The van der Waals surface area contributed by atoms with Crippen LogP contribution in [0.4, 0.5) is 10.1 Å². The van der Waals surface area contributed by atoms with Crippen LogP contribution in [-0.4, -0.2) is 25.9 Å². The molecule has 0 unspecified atom stereocenters. The summed E-state index contributed by atoms with van der Waals surface area (Å²) in [6, 6.07) is 9.87. The number of methoxy groups -OCH3 is 2. The maximum atomic E-state index is 13.7. The molecule has 0 saturated carbocycles. The molecule has 2 aromatic rings. The number of hydrogen-bond donors (Lipinski definition) is 1. The summed E-state index contributed by atoms with van der Waals surface area (Å²) >= 11 is 4.50. The maximum absolute atomic E-state index is 13.7. The number of benzene rings is 2. The van der Waals surface area contributed by atoms with Crippen LogP contribution >= 0.6 is 27.7 Å². The van der Waals surface area contributed by atoms with Crippen LogP contribution in [-0.2, 0) is 4.79 Å². The van der Waals surface area contributed by atoms with Gasteiger partial charge < -0.3 is 14.8 Å². The molecule has 0 saturated heterocycles. The van der Waals surface area contributed by atoms with E-state index in [4.69, 9.17) is 9.47 Å². The van der Waals surface area contributed by atoms with Crippen molar-refractivity contribution in [2.45, 2.75) is 4.90 Å². The zero-order valence-electron chi connectivity index (χ0n) is 12.6. The molecule has 23 heavy (non-hydrogen) atoms. The quantitative estimate of drug-likeness (QED) is 0.734. The highest BCUT2D eigenvalue weighted by Gasteiger charge is 2.10. The number of amides is 1. The second-order valence-electron chi connectivity index (χ2n) is 4.48. The van der Waals surface area contributed by atoms with Crippen LogP contribution in [0.25, 0.3) is 0 Å². The van der Waals surface area contributed by atoms with Gasteiger partial charge in [-0.3, -0.25) is 4.79 Å². The van der Waals surface area contributed by atoms with Crippen LogP contribution in [0.5, 0.6) is 11.5 Å². The fourth-order valence-electron chi connectivity index (χ4n) is 1.83. The lowest BCUT2D eigenvalue weighted by Crippen LogP contribution is -2.15. The fourth-order valence-corrected chi connectivity index (χ4v) is 2.89. The zero-order valence-corrected chi connectivity index (χ0v) is 15.0. The van der Waals surface area contributed by atoms with Crippen LogP contribution < -0.4 is 14.8 Å². The molecule has 4 nitrogen and oxygen atoms in total. The first-order chi connectivity index (χ1) is 11.0. The first-order valence-corrected chi connectivity index (χ1v) is 8.41. The summed E-state index contributed by atoms with van der Waals surface area (Å²) in [5.74, 6) is 0.607. The maximum Gasteiger partial charge on any atom is 0.234 e. The number of carbonyl (C=O) groups is 1. The number of hydrogen-bond acceptors (Lipinski definition) is 4. The molecule has 0 aromatic heterocycles. The number of nitrogens with one attached hydrogen (secondary N) is 1. The number of thioether (sulfide) groups is 1. The van der Waals surface area contributed by atoms with Gasteiger partial charge >= 0.3 is 0 Å². The predicted molar refractivity (Wildman–Crippen MR) is 93.0 cm³/mol. The second kappa shape index (κ2) is 8.21. The highest BCUT2D eigenvalue weighted by atomic mass is 79.9. The van der Waals surface area contributed by atoms with Crippen molar-refractivity contribution in [3.63, 3.8) is 0 Å². The molecule has 0 atom stereocenters. The van der Waals surface area contributed by atoms with Gasteiger partial charge in [0.25, 0.3) is 0 Å². The Hall–Kier alpha value is -1.73. The highest BCUT2D eigenvalue weighted by Crippen LogP contribution is 2.31. The van der Waals surface area contributed by atoms with Gasteiger partial charge in [0.05, 0.1) is 25.7 Å². The first-order valence-electron chi connectivity index (χ1n) is 6.63. The lowest BCUT2D eigenvalue weighted by molar-refractivity contribution is -0.113. The van der Waals surface area contributed by atoms with Crippen molar-refractivity contribution in [1.29, 1.82) is 0 Å². The molecule has 7 heteroatoms. The molecule has 0 radical (unpaired) electrons. The Balaban J connectivity index is 1.96. The Labute approximate surface area is 146 Å². The normalized spacial score (nSPS) is 10.3. The van der Waals surface area contributed by atoms with Gasteiger partial charge in [0, 0.05) is 9.37 Å². The van der Waals surface area contributed by atoms with Gasteiger partial charge in [-0.1, -0.05) is 15.9 Å². The molecule has 0 aliphatic heterocycles. The number of carbonyl (C=O) groups excluding carboxylic acids is 1. The summed E-state index contributed by atoms with van der Waals surface area (Å²) in [4.78, 5) is 12.8. The van der Waals surface area contributed by atoms with Crippen LogP contribution in [0.2, 0.25) is 0 Å². The summed E-state index contributed by atoms with van der Waals surface area (Å²) in [6.45, 7) is 0. The Bertz CT molecular complexity index is 712. The molecule has 0 spiro atoms. The minimum Gasteiger partial charge on any atom is -0.493 e. The van der Waals surface area contributed by atoms with Gasteiger partial charge in [0.2, 0.25) is 5.91 Å². The Morgan fingerprint density at radius 1 is 1.17 bits per heavy atom. The van der Waals surface area contributed by atoms with Crippen LogP contribution in [0.3, 0.4) is 0 Å². The number of rotatable bonds is 6. The number of halogens is 2. The zero-order chi connectivity index (χ0) is 16.8. The lowest BCUT2D eigenvalue weighted by Gasteiger charge is -2.10. The second-order valence-corrected chi connectivity index (χ2v) is 6.44. The van der Waals surface area contributed by atoms with Crippen LogP contribution in [0, 0.1) is 5.82 Å². The van der Waals surface area contributed by atoms with Gasteiger partial charge in [0.15, 0.2) is 11.5 Å². The van der Waals surface area contributed by atoms with Gasteiger partial charge in [-0.25, -0.2) is 4.39 Å². The molecular weight excluding hydrogens is 385 g/mol. The first kappa shape index (κ1) is 17.6. The molecule has 1 N–H and O–H groups in total. The van der Waals surface area contributed by atoms with E-state index in [0.29, 0.717) is 16.0 Å². The van der Waals surface area contributed by atoms with E-state index in [-0.39, 0.29) is 17.3 Å². The van der Waals surface area contributed by atoms with Crippen molar-refractivity contribution >= 4 is 39.3 Å². The highest BCUT2D eigenvalue weighted by molar-refractivity contribution is 9.10. The van der Waals surface area contributed by atoms with Crippen molar-refractivity contribution in [2.75, 3.05) is 25.3 Å². The molecule has 0 fully saturated rings. The van der Waals surface area contributed by atoms with E-state index >= 15 is 0 Å². The lowest BCUT2D eigenvalue weighted by atomic mass is 10.3. The molecule has 0 bridgehead atoms. The minimum absolute atomic E-state index is 0.158. The molecule has 0 aliphatic rings. The van der Waals surface area contributed by atoms with E-state index in [1.54, 1.807) is 32.4 Å². The summed E-state index contributed by atoms with van der Waals surface area (Å²) in [5, 5.41) is 2.55. The van der Waals surface area contributed by atoms with Gasteiger partial charge in [-0.2, -0.15) is 0 Å². The average molecular weight is 400 g/mol. The molecular formula is C16H15BrFNO3S. The molecule has 0 heterocycles. The summed E-state index contributed by atoms with van der Waals surface area (Å²) in [6.07, 6.45) is 0. The van der Waals surface area contributed by atoms with E-state index in [1.807, 2.05) is 6.07 Å². The van der Waals surface area contributed by atoms with E-state index in [9.17, 15) is 9.18 Å². The Morgan fingerprint density at radius 3 is 2.57 bits per heavy atom. The third kappa shape index (κ3) is 4.87. The number of ether oxygens (including phenoxy) is 2. The molecule has 122 valence electrons. The Kier molecular flexibility index (Phi) is 6.29. The largest absolute Gasteiger partial charge is 0.493 e. The van der Waals surface area contributed by atoms with Crippen LogP contribution in [0.1, 0.15) is 0 Å². The van der Waals surface area contributed by atoms with Crippen molar-refractivity contribution in [1.82, 2.24) is 0 Å². The van der Waals surface area contributed by atoms with Crippen molar-refractivity contribution in [3.8, 4) is 11.5 Å². The van der Waals surface area contributed by atoms with Crippen molar-refractivity contribution in [3.05, 3.63) is 46.7 Å². The van der Waals surface area contributed by atoms with Gasteiger partial charge in [-0.15, -0.1) is 11.8 Å². The molecule has 2 rings (SSSR count). The fraction of sp³-hybridized carbons (Fsp3) is 0.188. The molecule has 2 aromatic carbocycles. The predicted octanol–water partition coefficient (Wildman–Crippen LogP) is 4.34. The monoisotopic (exact) mass is 399 g/mol. The van der Waals surface area contributed by atoms with Crippen molar-refractivity contribution < 1.29 is 18.7 Å². The Morgan fingerprint density at radius 2 is 1.91 bits per heavy atom. The SMILES string of the molecule is COc1ccc(SCC(=O)Nc2ccc(Br)cc2F)cc1OC. The van der Waals surface area contributed by atoms with E-state index < -0.39 is 5.82 Å². The van der Waals surface area contributed by atoms with E-state index in [2.05, 4.69) is 21.2 Å². The third-order valence-electron chi connectivity index (χ3n) is 2.93.